The molecule has 7 heteroatoms. The van der Waals surface area contributed by atoms with Crippen molar-refractivity contribution in [3.05, 3.63) is 12.2 Å². The molecule has 21 heavy (non-hydrogen) atoms. The highest BCUT2D eigenvalue weighted by molar-refractivity contribution is 5.97. The fraction of sp³-hybridized carbons (Fsp3) is 0.714. The third kappa shape index (κ3) is 2.52. The fourth-order valence-corrected chi connectivity index (χ4v) is 2.92. The Bertz CT molecular complexity index is 563. The molecule has 2 amide bonds. The van der Waals surface area contributed by atoms with Crippen LogP contribution in [0.5, 0.6) is 0 Å². The molecule has 2 fully saturated rings. The van der Waals surface area contributed by atoms with Gasteiger partial charge in [0, 0.05) is 6.04 Å². The molecule has 1 aromatic heterocycles. The molecule has 0 aromatic carbocycles. The van der Waals surface area contributed by atoms with Crippen molar-refractivity contribution >= 4 is 11.8 Å². The summed E-state index contributed by atoms with van der Waals surface area (Å²) in [6, 6.07) is -0.651. The number of nitrogens with zero attached hydrogens (tertiary/aromatic N) is 4. The first kappa shape index (κ1) is 14.0. The maximum absolute atomic E-state index is 12.5. The van der Waals surface area contributed by atoms with Crippen molar-refractivity contribution < 1.29 is 9.59 Å². The normalized spacial score (nSPS) is 26.4. The summed E-state index contributed by atoms with van der Waals surface area (Å²) in [7, 11) is 0. The number of hydrogen-bond donors (Lipinski definition) is 1. The average Bonchev–Trinajstić information content (AvgIpc) is 3.13. The van der Waals surface area contributed by atoms with Gasteiger partial charge in [0.05, 0.1) is 6.54 Å². The van der Waals surface area contributed by atoms with E-state index < -0.39 is 6.04 Å². The van der Waals surface area contributed by atoms with Crippen LogP contribution in [0.2, 0.25) is 0 Å². The number of carbonyl (C=O) groups excluding carboxylic acids is 2. The number of nitrogens with one attached hydrogen (secondary N) is 1. The van der Waals surface area contributed by atoms with E-state index in [-0.39, 0.29) is 29.8 Å². The number of aromatic nitrogens is 3. The summed E-state index contributed by atoms with van der Waals surface area (Å²) in [6.07, 6.45) is 3.51. The Balaban J connectivity index is 1.87. The zero-order valence-electron chi connectivity index (χ0n) is 12.6. The van der Waals surface area contributed by atoms with Crippen LogP contribution < -0.4 is 5.32 Å². The van der Waals surface area contributed by atoms with E-state index in [1.807, 2.05) is 13.8 Å². The van der Waals surface area contributed by atoms with E-state index in [2.05, 4.69) is 15.4 Å². The van der Waals surface area contributed by atoms with Crippen LogP contribution in [-0.2, 0) is 16.1 Å². The molecule has 0 spiro atoms. The molecule has 114 valence electrons. The lowest BCUT2D eigenvalue weighted by molar-refractivity contribution is -0.150. The molecule has 1 aliphatic carbocycles. The zero-order valence-corrected chi connectivity index (χ0v) is 12.6. The maximum atomic E-state index is 12.5. The molecular formula is C14H21N5O2. The van der Waals surface area contributed by atoms with Crippen molar-refractivity contribution in [1.29, 1.82) is 0 Å². The quantitative estimate of drug-likeness (QED) is 0.875. The molecule has 1 N–H and O–H groups in total. The van der Waals surface area contributed by atoms with Gasteiger partial charge in [-0.2, -0.15) is 5.10 Å². The second-order valence-electron chi connectivity index (χ2n) is 6.19. The molecule has 2 unspecified atom stereocenters. The van der Waals surface area contributed by atoms with Gasteiger partial charge in [-0.1, -0.05) is 0 Å². The summed E-state index contributed by atoms with van der Waals surface area (Å²) >= 11 is 0. The van der Waals surface area contributed by atoms with Crippen LogP contribution in [0.1, 0.15) is 45.5 Å². The van der Waals surface area contributed by atoms with E-state index in [0.29, 0.717) is 6.54 Å². The highest BCUT2D eigenvalue weighted by Gasteiger charge is 2.47. The molecule has 7 nitrogen and oxygen atoms in total. The van der Waals surface area contributed by atoms with Gasteiger partial charge in [-0.25, -0.2) is 9.67 Å². The smallest absolute Gasteiger partial charge is 0.245 e. The van der Waals surface area contributed by atoms with E-state index in [0.717, 1.165) is 18.7 Å². The average molecular weight is 291 g/mol. The zero-order chi connectivity index (χ0) is 15.1. The minimum atomic E-state index is -0.470. The predicted octanol–water partition coefficient (Wildman–Crippen LogP) is 0.484. The summed E-state index contributed by atoms with van der Waals surface area (Å²) in [5.41, 5.74) is 0. The predicted molar refractivity (Wildman–Crippen MR) is 75.1 cm³/mol. The van der Waals surface area contributed by atoms with Crippen molar-refractivity contribution in [1.82, 2.24) is 25.0 Å². The molecule has 2 atom stereocenters. The van der Waals surface area contributed by atoms with Crippen LogP contribution in [0.25, 0.3) is 0 Å². The Kier molecular flexibility index (Phi) is 3.43. The Labute approximate surface area is 123 Å². The summed E-state index contributed by atoms with van der Waals surface area (Å²) < 4.78 is 1.80. The van der Waals surface area contributed by atoms with Crippen molar-refractivity contribution in [2.45, 2.75) is 58.3 Å². The van der Waals surface area contributed by atoms with Crippen molar-refractivity contribution in [3.8, 4) is 0 Å². The SMILES string of the molecule is CC1NC(=O)C(C2CC2)N(Cc2ncnn2C(C)C)C1=O. The van der Waals surface area contributed by atoms with Gasteiger partial charge in [0.15, 0.2) is 0 Å². The summed E-state index contributed by atoms with van der Waals surface area (Å²) in [4.78, 5) is 30.7. The number of amides is 2. The third-order valence-corrected chi connectivity index (χ3v) is 4.13. The lowest BCUT2D eigenvalue weighted by Crippen LogP contribution is -2.62. The first-order valence-electron chi connectivity index (χ1n) is 7.48. The van der Waals surface area contributed by atoms with Crippen LogP contribution in [0.4, 0.5) is 0 Å². The highest BCUT2D eigenvalue weighted by atomic mass is 16.2. The van der Waals surface area contributed by atoms with Gasteiger partial charge >= 0.3 is 0 Å². The fourth-order valence-electron chi connectivity index (χ4n) is 2.92. The van der Waals surface area contributed by atoms with Crippen LogP contribution in [0.15, 0.2) is 6.33 Å². The molecule has 2 aliphatic rings. The lowest BCUT2D eigenvalue weighted by atomic mass is 10.0. The van der Waals surface area contributed by atoms with Crippen molar-refractivity contribution in [3.63, 3.8) is 0 Å². The Hall–Kier alpha value is -1.92. The van der Waals surface area contributed by atoms with Gasteiger partial charge in [0.1, 0.15) is 24.2 Å². The molecule has 3 rings (SSSR count). The Morgan fingerprint density at radius 3 is 2.71 bits per heavy atom. The molecule has 1 aliphatic heterocycles. The van der Waals surface area contributed by atoms with E-state index >= 15 is 0 Å². The van der Waals surface area contributed by atoms with Crippen molar-refractivity contribution in [2.24, 2.45) is 5.92 Å². The second-order valence-corrected chi connectivity index (χ2v) is 6.19. The van der Waals surface area contributed by atoms with E-state index in [9.17, 15) is 9.59 Å². The Morgan fingerprint density at radius 1 is 1.38 bits per heavy atom. The number of rotatable bonds is 4. The van der Waals surface area contributed by atoms with Gasteiger partial charge in [0.2, 0.25) is 11.8 Å². The standard InChI is InChI=1S/C14H21N5O2/c1-8(2)19-11(15-7-16-19)6-18-12(10-4-5-10)13(20)17-9(3)14(18)21/h7-10,12H,4-6H2,1-3H3,(H,17,20). The number of carbonyl (C=O) groups is 2. The first-order valence-corrected chi connectivity index (χ1v) is 7.48. The molecule has 0 radical (unpaired) electrons. The monoisotopic (exact) mass is 291 g/mol. The maximum Gasteiger partial charge on any atom is 0.245 e. The first-order chi connectivity index (χ1) is 9.99. The van der Waals surface area contributed by atoms with E-state index in [1.54, 1.807) is 16.5 Å². The summed E-state index contributed by atoms with van der Waals surface area (Å²) in [5.74, 6) is 0.938. The van der Waals surface area contributed by atoms with Gasteiger partial charge in [0.25, 0.3) is 0 Å². The highest BCUT2D eigenvalue weighted by Crippen LogP contribution is 2.37. The molecule has 2 heterocycles. The molecule has 1 saturated heterocycles. The topological polar surface area (TPSA) is 80.1 Å². The molecule has 1 saturated carbocycles. The summed E-state index contributed by atoms with van der Waals surface area (Å²) in [5, 5.41) is 6.97. The minimum Gasteiger partial charge on any atom is -0.343 e. The number of hydrogen-bond acceptors (Lipinski definition) is 4. The molecule has 0 bridgehead atoms. The van der Waals surface area contributed by atoms with Crippen LogP contribution in [0.3, 0.4) is 0 Å². The van der Waals surface area contributed by atoms with Gasteiger partial charge < -0.3 is 10.2 Å². The molecular weight excluding hydrogens is 270 g/mol. The third-order valence-electron chi connectivity index (χ3n) is 4.13. The van der Waals surface area contributed by atoms with Gasteiger partial charge in [-0.3, -0.25) is 9.59 Å². The van der Waals surface area contributed by atoms with Crippen LogP contribution in [-0.4, -0.2) is 43.6 Å². The minimum absolute atomic E-state index is 0.0372. The van der Waals surface area contributed by atoms with Crippen molar-refractivity contribution in [2.75, 3.05) is 0 Å². The van der Waals surface area contributed by atoms with Gasteiger partial charge in [-0.05, 0) is 39.5 Å². The lowest BCUT2D eigenvalue weighted by Gasteiger charge is -2.38. The molecule has 1 aromatic rings. The number of piperazine rings is 1. The second kappa shape index (κ2) is 5.13. The Morgan fingerprint density at radius 2 is 2.10 bits per heavy atom. The van der Waals surface area contributed by atoms with Crippen LogP contribution >= 0.6 is 0 Å². The van der Waals surface area contributed by atoms with E-state index in [4.69, 9.17) is 0 Å². The van der Waals surface area contributed by atoms with Crippen LogP contribution in [0, 0.1) is 5.92 Å². The largest absolute Gasteiger partial charge is 0.343 e. The van der Waals surface area contributed by atoms with E-state index in [1.165, 1.54) is 6.33 Å². The van der Waals surface area contributed by atoms with Gasteiger partial charge in [-0.15, -0.1) is 0 Å². The summed E-state index contributed by atoms with van der Waals surface area (Å²) in [6.45, 7) is 6.10.